The molecule has 4 heteroatoms. The summed E-state index contributed by atoms with van der Waals surface area (Å²) in [5.41, 5.74) is 1.96. The van der Waals surface area contributed by atoms with Gasteiger partial charge in [-0.25, -0.2) is 4.79 Å². The summed E-state index contributed by atoms with van der Waals surface area (Å²) < 4.78 is 4.52. The third-order valence-corrected chi connectivity index (χ3v) is 2.05. The highest BCUT2D eigenvalue weighted by Gasteiger charge is 2.06. The second-order valence-corrected chi connectivity index (χ2v) is 3.04. The molecule has 0 saturated heterocycles. The number of aryl methyl sites for hydroxylation is 1. The topological polar surface area (TPSA) is 62.3 Å². The lowest BCUT2D eigenvalue weighted by Crippen LogP contribution is -2.02. The van der Waals surface area contributed by atoms with Crippen LogP contribution < -0.4 is 4.74 Å². The van der Waals surface area contributed by atoms with Gasteiger partial charge in [0.25, 0.3) is 0 Å². The van der Waals surface area contributed by atoms with Gasteiger partial charge in [-0.05, 0) is 18.6 Å². The van der Waals surface area contributed by atoms with E-state index >= 15 is 0 Å². The molecule has 0 bridgehead atoms. The third kappa shape index (κ3) is 1.42. The summed E-state index contributed by atoms with van der Waals surface area (Å²) in [6, 6.07) is 7.41. The number of H-pyrrole nitrogens is 1. The fourth-order valence-electron chi connectivity index (χ4n) is 1.43. The van der Waals surface area contributed by atoms with Crippen molar-refractivity contribution in [1.82, 2.24) is 4.98 Å². The molecule has 0 spiro atoms. The van der Waals surface area contributed by atoms with Crippen molar-refractivity contribution in [2.45, 2.75) is 6.92 Å². The molecule has 0 radical (unpaired) electrons. The van der Waals surface area contributed by atoms with E-state index in [0.29, 0.717) is 0 Å². The monoisotopic (exact) mass is 191 g/mol. The van der Waals surface area contributed by atoms with Crippen molar-refractivity contribution in [1.29, 1.82) is 0 Å². The predicted octanol–water partition coefficient (Wildman–Crippen LogP) is 2.53. The van der Waals surface area contributed by atoms with Crippen LogP contribution in [-0.2, 0) is 0 Å². The van der Waals surface area contributed by atoms with Crippen molar-refractivity contribution < 1.29 is 14.6 Å². The van der Waals surface area contributed by atoms with E-state index < -0.39 is 6.16 Å². The molecule has 0 aliphatic carbocycles. The molecule has 0 amide bonds. The Morgan fingerprint density at radius 1 is 1.50 bits per heavy atom. The van der Waals surface area contributed by atoms with Gasteiger partial charge < -0.3 is 14.8 Å². The number of aromatic amines is 1. The lowest BCUT2D eigenvalue weighted by Gasteiger charge is -1.91. The molecule has 1 aromatic heterocycles. The molecule has 2 aromatic rings. The highest BCUT2D eigenvalue weighted by Crippen LogP contribution is 2.23. The summed E-state index contributed by atoms with van der Waals surface area (Å²) in [5, 5.41) is 9.39. The van der Waals surface area contributed by atoms with E-state index in [1.165, 1.54) is 0 Å². The van der Waals surface area contributed by atoms with Crippen molar-refractivity contribution in [3.05, 3.63) is 29.8 Å². The second-order valence-electron chi connectivity index (χ2n) is 3.04. The summed E-state index contributed by atoms with van der Waals surface area (Å²) in [6.07, 6.45) is -1.31. The fourth-order valence-corrected chi connectivity index (χ4v) is 1.43. The van der Waals surface area contributed by atoms with Crippen LogP contribution in [0.5, 0.6) is 5.88 Å². The molecule has 72 valence electrons. The number of carboxylic acid groups (broad SMARTS) is 1. The molecule has 1 aromatic carbocycles. The van der Waals surface area contributed by atoms with Crippen LogP contribution >= 0.6 is 0 Å². The highest BCUT2D eigenvalue weighted by atomic mass is 16.7. The van der Waals surface area contributed by atoms with Gasteiger partial charge in [-0.3, -0.25) is 0 Å². The Bertz CT molecular complexity index is 487. The molecule has 0 unspecified atom stereocenters. The van der Waals surface area contributed by atoms with Crippen LogP contribution in [0, 0.1) is 6.92 Å². The Balaban J connectivity index is 2.51. The zero-order valence-corrected chi connectivity index (χ0v) is 7.57. The van der Waals surface area contributed by atoms with Gasteiger partial charge in [0.2, 0.25) is 5.88 Å². The van der Waals surface area contributed by atoms with Crippen molar-refractivity contribution in [3.63, 3.8) is 0 Å². The van der Waals surface area contributed by atoms with Crippen molar-refractivity contribution in [2.24, 2.45) is 0 Å². The summed E-state index contributed by atoms with van der Waals surface area (Å²) in [4.78, 5) is 13.2. The lowest BCUT2D eigenvalue weighted by molar-refractivity contribution is 0.143. The van der Waals surface area contributed by atoms with Gasteiger partial charge >= 0.3 is 6.16 Å². The first-order chi connectivity index (χ1) is 6.66. The number of nitrogens with one attached hydrogen (secondary N) is 1. The summed E-state index contributed by atoms with van der Waals surface area (Å²) >= 11 is 0. The number of ether oxygens (including phenoxy) is 1. The van der Waals surface area contributed by atoms with E-state index in [4.69, 9.17) is 5.11 Å². The molecule has 0 aliphatic rings. The number of aromatic nitrogens is 1. The Kier molecular flexibility index (Phi) is 1.89. The standard InChI is InChI=1S/C10H9NO3/c1-6-3-2-4-8-7(6)5-9(11-8)14-10(12)13/h2-5,11H,1H3,(H,12,13). The van der Waals surface area contributed by atoms with Crippen molar-refractivity contribution in [3.8, 4) is 5.88 Å². The normalized spacial score (nSPS) is 10.4. The molecular formula is C10H9NO3. The van der Waals surface area contributed by atoms with Crippen LogP contribution in [0.4, 0.5) is 4.79 Å². The smallest absolute Gasteiger partial charge is 0.449 e. The van der Waals surface area contributed by atoms with Gasteiger partial charge in [0, 0.05) is 17.0 Å². The van der Waals surface area contributed by atoms with Gasteiger partial charge in [0.15, 0.2) is 0 Å². The molecule has 0 aliphatic heterocycles. The van der Waals surface area contributed by atoms with Gasteiger partial charge in [-0.1, -0.05) is 12.1 Å². The minimum Gasteiger partial charge on any atom is -0.449 e. The van der Waals surface area contributed by atoms with E-state index in [1.807, 2.05) is 25.1 Å². The molecule has 2 rings (SSSR count). The lowest BCUT2D eigenvalue weighted by atomic mass is 10.1. The predicted molar refractivity (Wildman–Crippen MR) is 51.7 cm³/mol. The van der Waals surface area contributed by atoms with Crippen LogP contribution in [0.1, 0.15) is 5.56 Å². The Morgan fingerprint density at radius 3 is 2.93 bits per heavy atom. The molecule has 0 saturated carbocycles. The number of hydrogen-bond acceptors (Lipinski definition) is 2. The minimum absolute atomic E-state index is 0.252. The third-order valence-electron chi connectivity index (χ3n) is 2.05. The van der Waals surface area contributed by atoms with Crippen LogP contribution in [0.15, 0.2) is 24.3 Å². The maximum Gasteiger partial charge on any atom is 0.512 e. The van der Waals surface area contributed by atoms with Gasteiger partial charge in [-0.15, -0.1) is 0 Å². The van der Waals surface area contributed by atoms with E-state index in [2.05, 4.69) is 9.72 Å². The van der Waals surface area contributed by atoms with E-state index in [1.54, 1.807) is 6.07 Å². The maximum absolute atomic E-state index is 10.3. The van der Waals surface area contributed by atoms with E-state index in [-0.39, 0.29) is 5.88 Å². The first-order valence-electron chi connectivity index (χ1n) is 4.16. The van der Waals surface area contributed by atoms with E-state index in [9.17, 15) is 4.79 Å². The number of benzene rings is 1. The quantitative estimate of drug-likeness (QED) is 0.681. The first kappa shape index (κ1) is 8.62. The zero-order chi connectivity index (χ0) is 10.1. The summed E-state index contributed by atoms with van der Waals surface area (Å²) in [5.74, 6) is 0.252. The summed E-state index contributed by atoms with van der Waals surface area (Å²) in [7, 11) is 0. The van der Waals surface area contributed by atoms with Crippen LogP contribution in [0.3, 0.4) is 0 Å². The first-order valence-corrected chi connectivity index (χ1v) is 4.16. The molecule has 2 N–H and O–H groups in total. The SMILES string of the molecule is Cc1cccc2[nH]c(OC(=O)O)cc12. The Hall–Kier alpha value is -1.97. The van der Waals surface area contributed by atoms with Crippen LogP contribution in [0.2, 0.25) is 0 Å². The zero-order valence-electron chi connectivity index (χ0n) is 7.57. The minimum atomic E-state index is -1.31. The van der Waals surface area contributed by atoms with Crippen LogP contribution in [-0.4, -0.2) is 16.2 Å². The van der Waals surface area contributed by atoms with Gasteiger partial charge in [-0.2, -0.15) is 0 Å². The molecular weight excluding hydrogens is 182 g/mol. The molecule has 4 nitrogen and oxygen atoms in total. The average Bonchev–Trinajstić information content (AvgIpc) is 2.47. The molecule has 1 heterocycles. The maximum atomic E-state index is 10.3. The second kappa shape index (κ2) is 3.06. The summed E-state index contributed by atoms with van der Waals surface area (Å²) in [6.45, 7) is 1.96. The van der Waals surface area contributed by atoms with Crippen LogP contribution in [0.25, 0.3) is 10.9 Å². The number of carbonyl (C=O) groups is 1. The Labute approximate surface area is 80.1 Å². The number of rotatable bonds is 1. The van der Waals surface area contributed by atoms with E-state index in [0.717, 1.165) is 16.5 Å². The van der Waals surface area contributed by atoms with Gasteiger partial charge in [0.1, 0.15) is 0 Å². The van der Waals surface area contributed by atoms with Gasteiger partial charge in [0.05, 0.1) is 0 Å². The van der Waals surface area contributed by atoms with Crippen molar-refractivity contribution >= 4 is 17.1 Å². The molecule has 0 fully saturated rings. The molecule has 0 atom stereocenters. The fraction of sp³-hybridized carbons (Fsp3) is 0.100. The average molecular weight is 191 g/mol. The number of fused-ring (bicyclic) bond motifs is 1. The number of hydrogen-bond donors (Lipinski definition) is 2. The molecule has 14 heavy (non-hydrogen) atoms. The van der Waals surface area contributed by atoms with Crippen molar-refractivity contribution in [2.75, 3.05) is 0 Å². The Morgan fingerprint density at radius 2 is 2.29 bits per heavy atom. The largest absolute Gasteiger partial charge is 0.512 e. The highest BCUT2D eigenvalue weighted by molar-refractivity contribution is 5.85.